The Balaban J connectivity index is 1.80. The first kappa shape index (κ1) is 7.83. The van der Waals surface area contributed by atoms with Crippen molar-refractivity contribution in [1.29, 1.82) is 0 Å². The Kier molecular flexibility index (Phi) is 1.00. The Morgan fingerprint density at radius 2 is 2.07 bits per heavy atom. The van der Waals surface area contributed by atoms with Gasteiger partial charge in [-0.3, -0.25) is 4.79 Å². The van der Waals surface area contributed by atoms with E-state index in [1.54, 1.807) is 0 Å². The molecule has 2 heterocycles. The highest BCUT2D eigenvalue weighted by Crippen LogP contribution is 2.77. The zero-order chi connectivity index (χ0) is 9.84. The number of hydrogen-bond donors (Lipinski definition) is 0. The lowest BCUT2D eigenvalue weighted by Crippen LogP contribution is -2.53. The lowest BCUT2D eigenvalue weighted by molar-refractivity contribution is -0.133. The monoisotopic (exact) mass is 204 g/mol. The van der Waals surface area contributed by atoms with Gasteiger partial charge >= 0.3 is 0 Å². The Labute approximate surface area is 89.4 Å². The number of ketones is 1. The molecule has 0 amide bonds. The standard InChI is InChI=1S/C13H16O2/c14-11-10-6-8-2-4-12(11)3-1-7-5-9(7)13(8,12)15-10/h7-10H,1-6H2. The molecule has 1 spiro atoms. The van der Waals surface area contributed by atoms with Crippen LogP contribution >= 0.6 is 0 Å². The van der Waals surface area contributed by atoms with Crippen molar-refractivity contribution in [3.63, 3.8) is 0 Å². The second-order valence-corrected chi connectivity index (χ2v) is 6.46. The number of fused-ring (bicyclic) bond motifs is 2. The van der Waals surface area contributed by atoms with Crippen LogP contribution in [0.5, 0.6) is 0 Å². The number of ether oxygens (including phenoxy) is 1. The number of Topliss-reactive ketones (excluding diaryl/α,β-unsaturated/α-hetero) is 1. The topological polar surface area (TPSA) is 26.3 Å². The molecule has 2 aliphatic heterocycles. The van der Waals surface area contributed by atoms with E-state index in [1.165, 1.54) is 19.3 Å². The first-order chi connectivity index (χ1) is 7.28. The smallest absolute Gasteiger partial charge is 0.170 e. The predicted molar refractivity (Wildman–Crippen MR) is 53.2 cm³/mol. The van der Waals surface area contributed by atoms with Gasteiger partial charge in [-0.2, -0.15) is 0 Å². The van der Waals surface area contributed by atoms with Gasteiger partial charge in [-0.05, 0) is 56.3 Å². The van der Waals surface area contributed by atoms with Crippen LogP contribution in [0.4, 0.5) is 0 Å². The van der Waals surface area contributed by atoms with Crippen molar-refractivity contribution >= 4 is 5.78 Å². The summed E-state index contributed by atoms with van der Waals surface area (Å²) in [6, 6.07) is 0. The summed E-state index contributed by atoms with van der Waals surface area (Å²) >= 11 is 0. The van der Waals surface area contributed by atoms with Gasteiger partial charge in [0.05, 0.1) is 11.0 Å². The molecule has 2 saturated heterocycles. The van der Waals surface area contributed by atoms with Crippen molar-refractivity contribution < 1.29 is 9.53 Å². The van der Waals surface area contributed by atoms with E-state index in [4.69, 9.17) is 4.74 Å². The van der Waals surface area contributed by atoms with Gasteiger partial charge in [-0.15, -0.1) is 0 Å². The minimum absolute atomic E-state index is 0.0110. The molecule has 0 aromatic heterocycles. The molecule has 5 aliphatic rings. The summed E-state index contributed by atoms with van der Waals surface area (Å²) in [6.45, 7) is 0. The molecule has 0 aromatic rings. The van der Waals surface area contributed by atoms with Gasteiger partial charge in [0.2, 0.25) is 0 Å². The van der Waals surface area contributed by atoms with Gasteiger partial charge < -0.3 is 4.74 Å². The van der Waals surface area contributed by atoms with Gasteiger partial charge in [-0.25, -0.2) is 0 Å². The van der Waals surface area contributed by atoms with E-state index in [0.717, 1.165) is 37.0 Å². The average Bonchev–Trinajstić information content (AvgIpc) is 2.79. The van der Waals surface area contributed by atoms with E-state index < -0.39 is 0 Å². The lowest BCUT2D eigenvalue weighted by Gasteiger charge is -2.44. The highest BCUT2D eigenvalue weighted by molar-refractivity contribution is 5.94. The first-order valence-electron chi connectivity index (χ1n) is 6.50. The predicted octanol–water partition coefficient (Wildman–Crippen LogP) is 1.92. The summed E-state index contributed by atoms with van der Waals surface area (Å²) < 4.78 is 6.26. The summed E-state index contributed by atoms with van der Waals surface area (Å²) in [5, 5.41) is 0. The average molecular weight is 204 g/mol. The third-order valence-electron chi connectivity index (χ3n) is 6.29. The molecule has 6 unspecified atom stereocenters. The third-order valence-corrected chi connectivity index (χ3v) is 6.29. The Morgan fingerprint density at radius 1 is 1.20 bits per heavy atom. The fourth-order valence-electron chi connectivity index (χ4n) is 5.76. The largest absolute Gasteiger partial charge is 0.362 e. The Morgan fingerprint density at radius 3 is 3.00 bits per heavy atom. The number of rotatable bonds is 0. The zero-order valence-electron chi connectivity index (χ0n) is 8.87. The van der Waals surface area contributed by atoms with Crippen LogP contribution in [-0.4, -0.2) is 17.5 Å². The molecule has 15 heavy (non-hydrogen) atoms. The molecular weight excluding hydrogens is 188 g/mol. The van der Waals surface area contributed by atoms with Crippen molar-refractivity contribution in [2.75, 3.05) is 0 Å². The zero-order valence-corrected chi connectivity index (χ0v) is 8.87. The van der Waals surface area contributed by atoms with E-state index >= 15 is 0 Å². The summed E-state index contributed by atoms with van der Waals surface area (Å²) in [6.07, 6.45) is 7.31. The second kappa shape index (κ2) is 1.92. The van der Waals surface area contributed by atoms with Gasteiger partial charge in [0, 0.05) is 0 Å². The maximum Gasteiger partial charge on any atom is 0.170 e. The minimum atomic E-state index is 0.0110. The van der Waals surface area contributed by atoms with Crippen LogP contribution < -0.4 is 0 Å². The van der Waals surface area contributed by atoms with Crippen LogP contribution in [0.1, 0.15) is 38.5 Å². The normalized spacial score (nSPS) is 68.1. The summed E-state index contributed by atoms with van der Waals surface area (Å²) in [5.74, 6) is 2.94. The summed E-state index contributed by atoms with van der Waals surface area (Å²) in [4.78, 5) is 12.4. The van der Waals surface area contributed by atoms with Crippen molar-refractivity contribution in [1.82, 2.24) is 0 Å². The molecule has 2 bridgehead atoms. The fourth-order valence-corrected chi connectivity index (χ4v) is 5.76. The van der Waals surface area contributed by atoms with Crippen LogP contribution in [0.15, 0.2) is 0 Å². The van der Waals surface area contributed by atoms with Gasteiger partial charge in [0.25, 0.3) is 0 Å². The first-order valence-corrected chi connectivity index (χ1v) is 6.50. The molecule has 5 rings (SSSR count). The van der Waals surface area contributed by atoms with Crippen LogP contribution in [0.25, 0.3) is 0 Å². The van der Waals surface area contributed by atoms with Crippen molar-refractivity contribution in [3.05, 3.63) is 0 Å². The van der Waals surface area contributed by atoms with Crippen molar-refractivity contribution in [2.45, 2.75) is 50.2 Å². The molecular formula is C13H16O2. The summed E-state index contributed by atoms with van der Waals surface area (Å²) in [7, 11) is 0. The highest BCUT2D eigenvalue weighted by atomic mass is 16.5. The molecule has 3 aliphatic carbocycles. The highest BCUT2D eigenvalue weighted by Gasteiger charge is 2.82. The van der Waals surface area contributed by atoms with Crippen molar-refractivity contribution in [3.8, 4) is 0 Å². The fraction of sp³-hybridized carbons (Fsp3) is 0.923. The maximum atomic E-state index is 12.4. The van der Waals surface area contributed by atoms with Gasteiger partial charge in [0.15, 0.2) is 5.78 Å². The van der Waals surface area contributed by atoms with Crippen LogP contribution in [0, 0.1) is 23.2 Å². The minimum Gasteiger partial charge on any atom is -0.362 e. The Bertz CT molecular complexity index is 390. The van der Waals surface area contributed by atoms with Crippen LogP contribution in [-0.2, 0) is 9.53 Å². The number of hydrogen-bond acceptors (Lipinski definition) is 2. The van der Waals surface area contributed by atoms with E-state index in [2.05, 4.69) is 0 Å². The maximum absolute atomic E-state index is 12.4. The van der Waals surface area contributed by atoms with E-state index in [9.17, 15) is 4.79 Å². The SMILES string of the molecule is O=C1C2CC3CCC14CCC1CC1C34O2. The molecule has 5 fully saturated rings. The van der Waals surface area contributed by atoms with Crippen LogP contribution in [0.2, 0.25) is 0 Å². The molecule has 2 heteroatoms. The van der Waals surface area contributed by atoms with E-state index in [1.807, 2.05) is 0 Å². The number of carbonyl (C=O) groups excluding carboxylic acids is 1. The van der Waals surface area contributed by atoms with E-state index in [0.29, 0.717) is 5.78 Å². The molecule has 0 N–H and O–H groups in total. The van der Waals surface area contributed by atoms with Gasteiger partial charge in [-0.1, -0.05) is 0 Å². The molecule has 0 radical (unpaired) electrons. The lowest BCUT2D eigenvalue weighted by atomic mass is 9.58. The van der Waals surface area contributed by atoms with Crippen LogP contribution in [0.3, 0.4) is 0 Å². The quantitative estimate of drug-likeness (QED) is 0.602. The van der Waals surface area contributed by atoms with Gasteiger partial charge in [0.1, 0.15) is 6.10 Å². The number of carbonyl (C=O) groups is 1. The second-order valence-electron chi connectivity index (χ2n) is 6.46. The molecule has 0 aromatic carbocycles. The third kappa shape index (κ3) is 0.555. The molecule has 2 nitrogen and oxygen atoms in total. The molecule has 80 valence electrons. The molecule has 6 atom stereocenters. The van der Waals surface area contributed by atoms with Crippen molar-refractivity contribution in [2.24, 2.45) is 23.2 Å². The Hall–Kier alpha value is -0.370. The summed E-state index contributed by atoms with van der Waals surface area (Å²) in [5.41, 5.74) is 0.0793. The van der Waals surface area contributed by atoms with E-state index in [-0.39, 0.29) is 17.1 Å². The molecule has 3 saturated carbocycles.